The van der Waals surface area contributed by atoms with E-state index in [9.17, 15) is 0 Å². The fourth-order valence-electron chi connectivity index (χ4n) is 1.16. The maximum atomic E-state index is 4.16. The topological polar surface area (TPSA) is 35.6 Å². The van der Waals surface area contributed by atoms with Gasteiger partial charge in [0.25, 0.3) is 0 Å². The Hall–Kier alpha value is -1.58. The monoisotopic (exact) mass is 162 g/mol. The molecule has 0 spiro atoms. The number of aromatic nitrogens is 4. The highest BCUT2D eigenvalue weighted by molar-refractivity contribution is 5.26. The summed E-state index contributed by atoms with van der Waals surface area (Å²) in [5, 5.41) is 8.23. The van der Waals surface area contributed by atoms with E-state index in [1.807, 2.05) is 30.9 Å². The molecule has 0 atom stereocenters. The Labute approximate surface area is 70.4 Å². The van der Waals surface area contributed by atoms with Gasteiger partial charge in [0.15, 0.2) is 0 Å². The summed E-state index contributed by atoms with van der Waals surface area (Å²) in [4.78, 5) is 0. The average molecular weight is 162 g/mol. The van der Waals surface area contributed by atoms with E-state index in [1.54, 1.807) is 17.1 Å². The third kappa shape index (κ3) is 1.01. The number of aryl methyl sites for hydroxylation is 2. The van der Waals surface area contributed by atoms with Gasteiger partial charge in [0.05, 0.1) is 12.4 Å². The first kappa shape index (κ1) is 7.09. The minimum atomic E-state index is 1.00. The summed E-state index contributed by atoms with van der Waals surface area (Å²) in [6.45, 7) is 2.01. The van der Waals surface area contributed by atoms with Gasteiger partial charge in [0.2, 0.25) is 0 Å². The van der Waals surface area contributed by atoms with Crippen LogP contribution in [-0.4, -0.2) is 19.6 Å². The van der Waals surface area contributed by atoms with Crippen LogP contribution in [0.15, 0.2) is 24.7 Å². The fraction of sp³-hybridized carbons (Fsp3) is 0.250. The van der Waals surface area contributed by atoms with Crippen LogP contribution < -0.4 is 0 Å². The average Bonchev–Trinajstić information content (AvgIpc) is 2.58. The number of hydrogen-bond donors (Lipinski definition) is 0. The standard InChI is InChI=1S/C8H10N4/c1-7-3-4-9-12(7)8-5-10-11(2)6-8/h3-6H,1-2H3. The van der Waals surface area contributed by atoms with Crippen molar-refractivity contribution in [3.8, 4) is 5.69 Å². The molecule has 0 radical (unpaired) electrons. The zero-order valence-electron chi connectivity index (χ0n) is 7.10. The molecule has 0 aliphatic carbocycles. The summed E-state index contributed by atoms with van der Waals surface area (Å²) < 4.78 is 3.61. The van der Waals surface area contributed by atoms with Gasteiger partial charge in [0.1, 0.15) is 5.69 Å². The Bertz CT molecular complexity index is 385. The summed E-state index contributed by atoms with van der Waals surface area (Å²) >= 11 is 0. The Morgan fingerprint density at radius 1 is 1.33 bits per heavy atom. The predicted molar refractivity (Wildman–Crippen MR) is 45.1 cm³/mol. The van der Waals surface area contributed by atoms with E-state index in [-0.39, 0.29) is 0 Å². The normalized spacial score (nSPS) is 10.5. The van der Waals surface area contributed by atoms with Gasteiger partial charge >= 0.3 is 0 Å². The molecule has 0 saturated carbocycles. The van der Waals surface area contributed by atoms with Crippen LogP contribution in [0, 0.1) is 6.92 Å². The molecule has 2 aromatic heterocycles. The molecule has 0 aliphatic heterocycles. The minimum Gasteiger partial charge on any atom is -0.274 e. The van der Waals surface area contributed by atoms with Gasteiger partial charge < -0.3 is 0 Å². The van der Waals surface area contributed by atoms with Crippen LogP contribution >= 0.6 is 0 Å². The van der Waals surface area contributed by atoms with Gasteiger partial charge in [0, 0.05) is 18.9 Å². The van der Waals surface area contributed by atoms with E-state index in [0.717, 1.165) is 11.4 Å². The Kier molecular flexibility index (Phi) is 1.46. The van der Waals surface area contributed by atoms with Crippen molar-refractivity contribution in [2.75, 3.05) is 0 Å². The number of rotatable bonds is 1. The van der Waals surface area contributed by atoms with Crippen molar-refractivity contribution in [3.63, 3.8) is 0 Å². The lowest BCUT2D eigenvalue weighted by Crippen LogP contribution is -1.96. The van der Waals surface area contributed by atoms with E-state index in [1.165, 1.54) is 0 Å². The first-order valence-electron chi connectivity index (χ1n) is 3.77. The lowest BCUT2D eigenvalue weighted by molar-refractivity contribution is 0.765. The van der Waals surface area contributed by atoms with Gasteiger partial charge in [-0.3, -0.25) is 4.68 Å². The second-order valence-corrected chi connectivity index (χ2v) is 2.76. The molecule has 0 aromatic carbocycles. The zero-order valence-corrected chi connectivity index (χ0v) is 7.10. The molecular formula is C8H10N4. The molecule has 12 heavy (non-hydrogen) atoms. The molecule has 0 N–H and O–H groups in total. The van der Waals surface area contributed by atoms with E-state index in [0.29, 0.717) is 0 Å². The number of nitrogens with zero attached hydrogens (tertiary/aromatic N) is 4. The maximum Gasteiger partial charge on any atom is 0.103 e. The molecule has 4 heteroatoms. The van der Waals surface area contributed by atoms with E-state index < -0.39 is 0 Å². The van der Waals surface area contributed by atoms with Gasteiger partial charge in [-0.1, -0.05) is 0 Å². The molecule has 62 valence electrons. The van der Waals surface area contributed by atoms with E-state index in [4.69, 9.17) is 0 Å². The van der Waals surface area contributed by atoms with Crippen molar-refractivity contribution in [2.45, 2.75) is 6.92 Å². The van der Waals surface area contributed by atoms with Crippen LogP contribution in [0.3, 0.4) is 0 Å². The quantitative estimate of drug-likeness (QED) is 0.625. The van der Waals surface area contributed by atoms with Gasteiger partial charge in [-0.2, -0.15) is 10.2 Å². The molecule has 2 aromatic rings. The lowest BCUT2D eigenvalue weighted by atomic mass is 10.4. The molecule has 0 fully saturated rings. The van der Waals surface area contributed by atoms with Gasteiger partial charge in [-0.15, -0.1) is 0 Å². The van der Waals surface area contributed by atoms with Crippen molar-refractivity contribution in [1.82, 2.24) is 19.6 Å². The highest BCUT2D eigenvalue weighted by Gasteiger charge is 2.01. The van der Waals surface area contributed by atoms with Crippen LogP contribution in [0.2, 0.25) is 0 Å². The van der Waals surface area contributed by atoms with Gasteiger partial charge in [-0.25, -0.2) is 4.68 Å². The molecule has 4 nitrogen and oxygen atoms in total. The first-order chi connectivity index (χ1) is 5.77. The third-order valence-corrected chi connectivity index (χ3v) is 1.77. The Morgan fingerprint density at radius 2 is 2.17 bits per heavy atom. The zero-order chi connectivity index (χ0) is 8.55. The van der Waals surface area contributed by atoms with E-state index in [2.05, 4.69) is 10.2 Å². The highest BCUT2D eigenvalue weighted by Crippen LogP contribution is 2.06. The Balaban J connectivity index is 2.50. The summed E-state index contributed by atoms with van der Waals surface area (Å²) in [6, 6.07) is 1.97. The number of hydrogen-bond acceptors (Lipinski definition) is 2. The van der Waals surface area contributed by atoms with Crippen LogP contribution in [0.1, 0.15) is 5.69 Å². The minimum absolute atomic E-state index is 1.00. The summed E-state index contributed by atoms with van der Waals surface area (Å²) in [7, 11) is 1.89. The van der Waals surface area contributed by atoms with Crippen molar-refractivity contribution >= 4 is 0 Å². The predicted octanol–water partition coefficient (Wildman–Crippen LogP) is 0.914. The van der Waals surface area contributed by atoms with Crippen molar-refractivity contribution in [1.29, 1.82) is 0 Å². The molecule has 0 aliphatic rings. The molecule has 0 amide bonds. The fourth-order valence-corrected chi connectivity index (χ4v) is 1.16. The highest BCUT2D eigenvalue weighted by atomic mass is 15.3. The second kappa shape index (κ2) is 2.48. The molecule has 0 bridgehead atoms. The second-order valence-electron chi connectivity index (χ2n) is 2.76. The van der Waals surface area contributed by atoms with Gasteiger partial charge in [-0.05, 0) is 13.0 Å². The van der Waals surface area contributed by atoms with Crippen LogP contribution in [0.4, 0.5) is 0 Å². The molecule has 2 heterocycles. The summed E-state index contributed by atoms with van der Waals surface area (Å²) in [6.07, 6.45) is 5.50. The SMILES string of the molecule is Cc1ccnn1-c1cnn(C)c1. The van der Waals surface area contributed by atoms with Crippen LogP contribution in [0.5, 0.6) is 0 Å². The van der Waals surface area contributed by atoms with Crippen LogP contribution in [-0.2, 0) is 7.05 Å². The lowest BCUT2D eigenvalue weighted by Gasteiger charge is -1.97. The summed E-state index contributed by atoms with van der Waals surface area (Å²) in [5.74, 6) is 0. The maximum absolute atomic E-state index is 4.16. The summed E-state index contributed by atoms with van der Waals surface area (Å²) in [5.41, 5.74) is 2.11. The molecule has 0 unspecified atom stereocenters. The largest absolute Gasteiger partial charge is 0.274 e. The molecule has 0 saturated heterocycles. The van der Waals surface area contributed by atoms with Crippen molar-refractivity contribution in [3.05, 3.63) is 30.4 Å². The van der Waals surface area contributed by atoms with Crippen molar-refractivity contribution in [2.24, 2.45) is 7.05 Å². The molecular weight excluding hydrogens is 152 g/mol. The Morgan fingerprint density at radius 3 is 2.67 bits per heavy atom. The third-order valence-electron chi connectivity index (χ3n) is 1.77. The first-order valence-corrected chi connectivity index (χ1v) is 3.77. The van der Waals surface area contributed by atoms with E-state index >= 15 is 0 Å². The van der Waals surface area contributed by atoms with Crippen LogP contribution in [0.25, 0.3) is 5.69 Å². The molecule has 2 rings (SSSR count). The smallest absolute Gasteiger partial charge is 0.103 e. The van der Waals surface area contributed by atoms with Crippen molar-refractivity contribution < 1.29 is 0 Å².